The maximum atomic E-state index is 11.7. The molecule has 0 fully saturated rings. The summed E-state index contributed by atoms with van der Waals surface area (Å²) in [5, 5.41) is 18.4. The van der Waals surface area contributed by atoms with Gasteiger partial charge in [-0.15, -0.1) is 0 Å². The quantitative estimate of drug-likeness (QED) is 0.0515. The topological polar surface area (TPSA) is 258 Å². The first kappa shape index (κ1) is 37.1. The first-order valence-electron chi connectivity index (χ1n) is 16.4. The Balaban J connectivity index is 1.12. The number of benzene rings is 5. The molecule has 0 aliphatic rings. The van der Waals surface area contributed by atoms with Crippen molar-refractivity contribution in [2.45, 2.75) is 9.79 Å². The molecule has 2 heterocycles. The van der Waals surface area contributed by atoms with Crippen LogP contribution in [-0.4, -0.2) is 55.8 Å². The van der Waals surface area contributed by atoms with Crippen molar-refractivity contribution >= 4 is 90.1 Å². The molecule has 5 aromatic carbocycles. The molecule has 56 heavy (non-hydrogen) atoms. The molecule has 7 aromatic rings. The van der Waals surface area contributed by atoms with Crippen molar-refractivity contribution < 1.29 is 25.9 Å². The maximum absolute atomic E-state index is 11.7. The lowest BCUT2D eigenvalue weighted by Gasteiger charge is -2.13. The van der Waals surface area contributed by atoms with Gasteiger partial charge in [0.15, 0.2) is 0 Å². The summed E-state index contributed by atoms with van der Waals surface area (Å²) in [6.45, 7) is 0. The van der Waals surface area contributed by atoms with Crippen LogP contribution in [0.4, 0.5) is 69.8 Å². The monoisotopic (exact) mass is 790 g/mol. The zero-order valence-electron chi connectivity index (χ0n) is 28.7. The van der Waals surface area contributed by atoms with Gasteiger partial charge >= 0.3 is 0 Å². The predicted octanol–water partition coefficient (Wildman–Crippen LogP) is 7.01. The summed E-state index contributed by atoms with van der Waals surface area (Å²) in [6.07, 6.45) is 0. The van der Waals surface area contributed by atoms with Crippen molar-refractivity contribution in [3.63, 3.8) is 0 Å². The molecule has 0 bridgehead atoms. The molecule has 7 rings (SSSR count). The number of para-hydroxylation sites is 2. The normalized spacial score (nSPS) is 11.3. The number of hydrogen-bond acceptors (Lipinski definition) is 16. The third-order valence-corrected chi connectivity index (χ3v) is 9.20. The van der Waals surface area contributed by atoms with Crippen molar-refractivity contribution in [3.05, 3.63) is 133 Å². The van der Waals surface area contributed by atoms with E-state index in [1.807, 2.05) is 60.7 Å². The van der Waals surface area contributed by atoms with Gasteiger partial charge in [0.1, 0.15) is 0 Å². The van der Waals surface area contributed by atoms with Crippen LogP contribution < -0.4 is 31.9 Å². The van der Waals surface area contributed by atoms with E-state index < -0.39 is 20.2 Å². The van der Waals surface area contributed by atoms with E-state index >= 15 is 0 Å². The third-order valence-electron chi connectivity index (χ3n) is 7.50. The van der Waals surface area contributed by atoms with Crippen molar-refractivity contribution in [2.24, 2.45) is 0 Å². The molecule has 0 saturated heterocycles. The van der Waals surface area contributed by atoms with Crippen LogP contribution in [0.5, 0.6) is 0 Å². The van der Waals surface area contributed by atoms with Gasteiger partial charge in [-0.25, -0.2) is 0 Å². The molecule has 282 valence electrons. The number of hydrogen-bond donors (Lipinski definition) is 8. The van der Waals surface area contributed by atoms with E-state index in [0.717, 1.165) is 0 Å². The molecule has 0 aliphatic heterocycles. The Morgan fingerprint density at radius 1 is 0.321 bits per heavy atom. The van der Waals surface area contributed by atoms with Gasteiger partial charge in [0.05, 0.1) is 9.79 Å². The Morgan fingerprint density at radius 3 is 0.857 bits per heavy atom. The van der Waals surface area contributed by atoms with E-state index in [2.05, 4.69) is 61.8 Å². The van der Waals surface area contributed by atoms with Gasteiger partial charge in [0.25, 0.3) is 20.2 Å². The molecule has 0 saturated carbocycles. The minimum absolute atomic E-state index is 0.0792. The molecule has 0 amide bonds. The zero-order valence-corrected chi connectivity index (χ0v) is 30.4. The molecular weight excluding hydrogens is 761 g/mol. The molecule has 18 nitrogen and oxygen atoms in total. The summed E-state index contributed by atoms with van der Waals surface area (Å²) in [6, 6.07) is 36.6. The number of anilines is 12. The fourth-order valence-corrected chi connectivity index (χ4v) is 6.06. The highest BCUT2D eigenvalue weighted by molar-refractivity contribution is 7.86. The summed E-state index contributed by atoms with van der Waals surface area (Å²) in [7, 11) is -8.88. The van der Waals surface area contributed by atoms with Gasteiger partial charge in [0.2, 0.25) is 35.7 Å². The summed E-state index contributed by atoms with van der Waals surface area (Å²) in [5.74, 6) is 0.825. The van der Waals surface area contributed by atoms with Gasteiger partial charge in [-0.3, -0.25) is 9.11 Å². The lowest BCUT2D eigenvalue weighted by Crippen LogP contribution is -2.08. The van der Waals surface area contributed by atoms with Gasteiger partial charge in [0, 0.05) is 34.1 Å². The molecule has 8 N–H and O–H groups in total. The van der Waals surface area contributed by atoms with E-state index in [9.17, 15) is 25.9 Å². The average Bonchev–Trinajstić information content (AvgIpc) is 3.16. The molecule has 2 aromatic heterocycles. The van der Waals surface area contributed by atoms with Gasteiger partial charge in [-0.05, 0) is 84.9 Å². The largest absolute Gasteiger partial charge is 0.324 e. The van der Waals surface area contributed by atoms with Crippen molar-refractivity contribution in [1.82, 2.24) is 29.9 Å². The highest BCUT2D eigenvalue weighted by Gasteiger charge is 2.14. The smallest absolute Gasteiger partial charge is 0.294 e. The van der Waals surface area contributed by atoms with Crippen LogP contribution in [0.2, 0.25) is 0 Å². The molecule has 0 aliphatic carbocycles. The van der Waals surface area contributed by atoms with Gasteiger partial charge in [-0.1, -0.05) is 48.5 Å². The number of nitrogens with zero attached hydrogens (tertiary/aromatic N) is 6. The lowest BCUT2D eigenvalue weighted by molar-refractivity contribution is 0.481. The number of rotatable bonds is 14. The Bertz CT molecular complexity index is 2530. The van der Waals surface area contributed by atoms with Crippen LogP contribution in [-0.2, 0) is 20.2 Å². The second-order valence-electron chi connectivity index (χ2n) is 11.7. The van der Waals surface area contributed by atoms with E-state index in [1.54, 1.807) is 36.4 Å². The van der Waals surface area contributed by atoms with Crippen LogP contribution in [0.15, 0.2) is 143 Å². The van der Waals surface area contributed by atoms with Crippen molar-refractivity contribution in [3.8, 4) is 0 Å². The minimum Gasteiger partial charge on any atom is -0.324 e. The first-order chi connectivity index (χ1) is 26.9. The number of aromatic nitrogens is 6. The molecular formula is C36H30N12O6S2. The molecule has 0 radical (unpaired) electrons. The fraction of sp³-hybridized carbons (Fsp3) is 0. The predicted molar refractivity (Wildman–Crippen MR) is 211 cm³/mol. The van der Waals surface area contributed by atoms with Crippen LogP contribution in [0.25, 0.3) is 0 Å². The van der Waals surface area contributed by atoms with E-state index in [1.165, 1.54) is 36.4 Å². The van der Waals surface area contributed by atoms with Crippen LogP contribution in [0, 0.1) is 0 Å². The summed E-state index contributed by atoms with van der Waals surface area (Å²) < 4.78 is 65.8. The van der Waals surface area contributed by atoms with Crippen LogP contribution in [0.1, 0.15) is 0 Å². The highest BCUT2D eigenvalue weighted by atomic mass is 32.2. The van der Waals surface area contributed by atoms with E-state index in [4.69, 9.17) is 0 Å². The summed E-state index contributed by atoms with van der Waals surface area (Å²) in [4.78, 5) is 26.2. The third kappa shape index (κ3) is 10.0. The molecule has 0 spiro atoms. The van der Waals surface area contributed by atoms with Crippen LogP contribution >= 0.6 is 0 Å². The SMILES string of the molecule is O=S(=O)(O)c1cccc(Nc2nc(Nc3ccccc3)nc(Nc3ccc(Nc4nc(Nc5ccccc5)nc(Nc5cccc(S(=O)(=O)O)c5)n4)cc3)n2)c1. The highest BCUT2D eigenvalue weighted by Crippen LogP contribution is 2.26. The van der Waals surface area contributed by atoms with Crippen LogP contribution in [0.3, 0.4) is 0 Å². The second-order valence-corrected chi connectivity index (χ2v) is 14.5. The van der Waals surface area contributed by atoms with Gasteiger partial charge in [-0.2, -0.15) is 46.7 Å². The average molecular weight is 791 g/mol. The maximum Gasteiger partial charge on any atom is 0.294 e. The lowest BCUT2D eigenvalue weighted by atomic mass is 10.3. The second kappa shape index (κ2) is 16.0. The Labute approximate surface area is 320 Å². The van der Waals surface area contributed by atoms with Crippen molar-refractivity contribution in [2.75, 3.05) is 31.9 Å². The standard InChI is InChI=1S/C36H30N12O6S2/c49-55(50,51)29-15-7-13-27(21-29)41-35-45-31(37-23-9-3-1-4-10-23)43-33(47-35)39-25-17-19-26(20-18-25)40-34-44-32(38-24-11-5-2-6-12-24)46-36(48-34)42-28-14-8-16-30(22-28)56(52,53)54/h1-22H,(H,49,50,51)(H,52,53,54)(H3,37,39,41,43,45,47)(H3,38,40,42,44,46,48). The Morgan fingerprint density at radius 2 is 0.571 bits per heavy atom. The first-order valence-corrected chi connectivity index (χ1v) is 19.3. The Kier molecular flexibility index (Phi) is 10.6. The summed E-state index contributed by atoms with van der Waals surface area (Å²) in [5.41, 5.74) is 3.23. The fourth-order valence-electron chi connectivity index (χ4n) is 5.01. The minimum atomic E-state index is -4.44. The van der Waals surface area contributed by atoms with Gasteiger partial charge < -0.3 is 31.9 Å². The molecule has 0 unspecified atom stereocenters. The molecule has 0 atom stereocenters. The Hall–Kier alpha value is -7.26. The zero-order chi connectivity index (χ0) is 39.1. The summed E-state index contributed by atoms with van der Waals surface area (Å²) >= 11 is 0. The van der Waals surface area contributed by atoms with E-state index in [-0.39, 0.29) is 45.5 Å². The van der Waals surface area contributed by atoms with E-state index in [0.29, 0.717) is 34.1 Å². The molecule has 20 heteroatoms. The number of nitrogens with one attached hydrogen (secondary N) is 6. The van der Waals surface area contributed by atoms with Crippen molar-refractivity contribution in [1.29, 1.82) is 0 Å².